The lowest BCUT2D eigenvalue weighted by atomic mass is 10.1. The highest BCUT2D eigenvalue weighted by Crippen LogP contribution is 2.29. The summed E-state index contributed by atoms with van der Waals surface area (Å²) >= 11 is 3.55. The molecule has 0 fully saturated rings. The highest BCUT2D eigenvalue weighted by molar-refractivity contribution is 9.10. The van der Waals surface area contributed by atoms with Gasteiger partial charge in [0.15, 0.2) is 0 Å². The second kappa shape index (κ2) is 7.34. The molecule has 0 amide bonds. The quantitative estimate of drug-likeness (QED) is 0.798. The number of benzene rings is 1. The van der Waals surface area contributed by atoms with E-state index < -0.39 is 5.97 Å². The third-order valence-corrected chi connectivity index (χ3v) is 3.77. The number of aliphatic carboxylic acids is 1. The van der Waals surface area contributed by atoms with Crippen LogP contribution in [0.5, 0.6) is 0 Å². The molecule has 1 unspecified atom stereocenters. The summed E-state index contributed by atoms with van der Waals surface area (Å²) in [5.74, 6) is -0.936. The minimum Gasteiger partial charge on any atom is -0.478 e. The average Bonchev–Trinajstić information content (AvgIpc) is 2.36. The number of hydrogen-bond donors (Lipinski definition) is 1. The molecule has 0 aliphatic rings. The molecule has 0 heterocycles. The van der Waals surface area contributed by atoms with E-state index in [2.05, 4.69) is 41.7 Å². The highest BCUT2D eigenvalue weighted by atomic mass is 79.9. The fourth-order valence-corrected chi connectivity index (χ4v) is 2.61. The Morgan fingerprint density at radius 2 is 2.21 bits per heavy atom. The molecule has 0 saturated heterocycles. The summed E-state index contributed by atoms with van der Waals surface area (Å²) in [4.78, 5) is 12.7. The van der Waals surface area contributed by atoms with Crippen molar-refractivity contribution >= 4 is 33.7 Å². The molecule has 0 radical (unpaired) electrons. The lowest BCUT2D eigenvalue weighted by Gasteiger charge is -2.28. The van der Waals surface area contributed by atoms with Gasteiger partial charge in [0.05, 0.1) is 5.69 Å². The lowest BCUT2D eigenvalue weighted by molar-refractivity contribution is -0.131. The second-order valence-electron chi connectivity index (χ2n) is 4.63. The van der Waals surface area contributed by atoms with E-state index in [1.165, 1.54) is 0 Å². The Hall–Kier alpha value is -1.29. The Bertz CT molecular complexity index is 471. The van der Waals surface area contributed by atoms with Crippen molar-refractivity contribution in [3.63, 3.8) is 0 Å². The van der Waals surface area contributed by atoms with Crippen LogP contribution >= 0.6 is 15.9 Å². The summed E-state index contributed by atoms with van der Waals surface area (Å²) in [6, 6.07) is 6.35. The number of carboxylic acids is 1. The van der Waals surface area contributed by atoms with Crippen molar-refractivity contribution in [2.24, 2.45) is 0 Å². The molecule has 19 heavy (non-hydrogen) atoms. The summed E-state index contributed by atoms with van der Waals surface area (Å²) < 4.78 is 0.977. The maximum absolute atomic E-state index is 10.5. The van der Waals surface area contributed by atoms with Crippen LogP contribution in [0, 0.1) is 0 Å². The number of rotatable bonds is 6. The molecule has 0 bridgehead atoms. The van der Waals surface area contributed by atoms with Gasteiger partial charge in [-0.25, -0.2) is 4.79 Å². The fraction of sp³-hybridized carbons (Fsp3) is 0.400. The molecule has 1 aromatic rings. The van der Waals surface area contributed by atoms with Gasteiger partial charge < -0.3 is 10.0 Å². The Balaban J connectivity index is 2.91. The number of carboxylic acid groups (broad SMARTS) is 1. The molecular weight excluding hydrogens is 306 g/mol. The Labute approximate surface area is 123 Å². The standard InChI is InChI=1S/C15H20BrNO2/c1-4-5-11(2)17(3)14-8-6-12(10-13(14)16)7-9-15(18)19/h6-11H,4-5H2,1-3H3,(H,18,19)/b9-7+. The second-order valence-corrected chi connectivity index (χ2v) is 5.49. The number of halogens is 1. The van der Waals surface area contributed by atoms with Gasteiger partial charge in [-0.3, -0.25) is 0 Å². The van der Waals surface area contributed by atoms with Gasteiger partial charge in [-0.2, -0.15) is 0 Å². The van der Waals surface area contributed by atoms with Crippen LogP contribution in [0.4, 0.5) is 5.69 Å². The molecule has 104 valence electrons. The van der Waals surface area contributed by atoms with Gasteiger partial charge in [0.25, 0.3) is 0 Å². The predicted octanol–water partition coefficient (Wildman–Crippen LogP) is 4.17. The van der Waals surface area contributed by atoms with E-state index in [0.29, 0.717) is 6.04 Å². The normalized spacial score (nSPS) is 12.6. The van der Waals surface area contributed by atoms with Crippen LogP contribution in [0.1, 0.15) is 32.3 Å². The van der Waals surface area contributed by atoms with Crippen molar-refractivity contribution in [1.29, 1.82) is 0 Å². The van der Waals surface area contributed by atoms with Gasteiger partial charge in [0.1, 0.15) is 0 Å². The predicted molar refractivity (Wildman–Crippen MR) is 83.6 cm³/mol. The van der Waals surface area contributed by atoms with E-state index in [0.717, 1.165) is 34.6 Å². The first kappa shape index (κ1) is 15.8. The fourth-order valence-electron chi connectivity index (χ4n) is 1.93. The van der Waals surface area contributed by atoms with Crippen molar-refractivity contribution in [2.45, 2.75) is 32.7 Å². The van der Waals surface area contributed by atoms with Crippen LogP contribution in [0.15, 0.2) is 28.7 Å². The molecule has 4 heteroatoms. The van der Waals surface area contributed by atoms with Crippen molar-refractivity contribution in [3.05, 3.63) is 34.3 Å². The Morgan fingerprint density at radius 1 is 1.53 bits per heavy atom. The van der Waals surface area contributed by atoms with E-state index in [1.54, 1.807) is 6.08 Å². The zero-order valence-corrected chi connectivity index (χ0v) is 13.1. The van der Waals surface area contributed by atoms with Crippen LogP contribution in [-0.4, -0.2) is 24.2 Å². The van der Waals surface area contributed by atoms with Crippen LogP contribution in [0.2, 0.25) is 0 Å². The summed E-state index contributed by atoms with van der Waals surface area (Å²) in [5, 5.41) is 8.61. The van der Waals surface area contributed by atoms with Crippen molar-refractivity contribution in [3.8, 4) is 0 Å². The maximum atomic E-state index is 10.5. The molecule has 1 N–H and O–H groups in total. The van der Waals surface area contributed by atoms with Crippen LogP contribution in [-0.2, 0) is 4.79 Å². The Morgan fingerprint density at radius 3 is 2.74 bits per heavy atom. The highest BCUT2D eigenvalue weighted by Gasteiger charge is 2.11. The first-order valence-corrected chi connectivity index (χ1v) is 7.18. The third kappa shape index (κ3) is 4.71. The zero-order chi connectivity index (χ0) is 14.4. The van der Waals surface area contributed by atoms with E-state index in [4.69, 9.17) is 5.11 Å². The molecule has 0 aromatic heterocycles. The van der Waals surface area contributed by atoms with Crippen LogP contribution < -0.4 is 4.90 Å². The number of hydrogen-bond acceptors (Lipinski definition) is 2. The summed E-state index contributed by atoms with van der Waals surface area (Å²) in [6.45, 7) is 4.38. The SMILES string of the molecule is CCCC(C)N(C)c1ccc(/C=C/C(=O)O)cc1Br. The van der Waals surface area contributed by atoms with E-state index >= 15 is 0 Å². The average molecular weight is 326 g/mol. The van der Waals surface area contributed by atoms with Gasteiger partial charge in [-0.15, -0.1) is 0 Å². The van der Waals surface area contributed by atoms with E-state index in [9.17, 15) is 4.79 Å². The monoisotopic (exact) mass is 325 g/mol. The van der Waals surface area contributed by atoms with Crippen molar-refractivity contribution < 1.29 is 9.90 Å². The topological polar surface area (TPSA) is 40.5 Å². The first-order valence-electron chi connectivity index (χ1n) is 6.39. The summed E-state index contributed by atoms with van der Waals surface area (Å²) in [5.41, 5.74) is 1.99. The zero-order valence-electron chi connectivity index (χ0n) is 11.6. The van der Waals surface area contributed by atoms with Gasteiger partial charge in [-0.1, -0.05) is 19.4 Å². The van der Waals surface area contributed by atoms with Gasteiger partial charge in [0.2, 0.25) is 0 Å². The minimum atomic E-state index is -0.936. The molecule has 1 rings (SSSR count). The van der Waals surface area contributed by atoms with Crippen molar-refractivity contribution in [2.75, 3.05) is 11.9 Å². The summed E-state index contributed by atoms with van der Waals surface area (Å²) in [7, 11) is 2.08. The number of nitrogens with zero attached hydrogens (tertiary/aromatic N) is 1. The molecule has 0 saturated carbocycles. The molecule has 3 nitrogen and oxygen atoms in total. The number of carbonyl (C=O) groups is 1. The van der Waals surface area contributed by atoms with E-state index in [-0.39, 0.29) is 0 Å². The summed E-state index contributed by atoms with van der Waals surface area (Å²) in [6.07, 6.45) is 5.03. The van der Waals surface area contributed by atoms with Crippen molar-refractivity contribution in [1.82, 2.24) is 0 Å². The molecule has 1 aromatic carbocycles. The van der Waals surface area contributed by atoms with Gasteiger partial charge in [0, 0.05) is 23.6 Å². The third-order valence-electron chi connectivity index (χ3n) is 3.14. The number of anilines is 1. The minimum absolute atomic E-state index is 0.474. The molecule has 0 aliphatic carbocycles. The molecule has 0 spiro atoms. The largest absolute Gasteiger partial charge is 0.478 e. The van der Waals surface area contributed by atoms with Gasteiger partial charge >= 0.3 is 5.97 Å². The smallest absolute Gasteiger partial charge is 0.328 e. The Kier molecular flexibility index (Phi) is 6.09. The lowest BCUT2D eigenvalue weighted by Crippen LogP contribution is -2.28. The molecular formula is C15H20BrNO2. The van der Waals surface area contributed by atoms with E-state index in [1.807, 2.05) is 18.2 Å². The first-order chi connectivity index (χ1) is 8.95. The van der Waals surface area contributed by atoms with Crippen LogP contribution in [0.25, 0.3) is 6.08 Å². The maximum Gasteiger partial charge on any atom is 0.328 e. The van der Waals surface area contributed by atoms with Crippen LogP contribution in [0.3, 0.4) is 0 Å². The molecule has 1 atom stereocenters. The molecule has 0 aliphatic heterocycles. The van der Waals surface area contributed by atoms with Gasteiger partial charge in [-0.05, 0) is 53.0 Å².